The van der Waals surface area contributed by atoms with Gasteiger partial charge in [0.25, 0.3) is 6.43 Å². The first kappa shape index (κ1) is 25.6. The number of anilines is 1. The van der Waals surface area contributed by atoms with Gasteiger partial charge in [-0.15, -0.1) is 0 Å². The number of nitrogens with zero attached hydrogens (tertiary/aromatic N) is 5. The fourth-order valence-electron chi connectivity index (χ4n) is 3.70. The number of aryl methyl sites for hydroxylation is 1. The third kappa shape index (κ3) is 5.67. The smallest absolute Gasteiger partial charge is 0.280 e. The first-order valence-corrected chi connectivity index (χ1v) is 11.3. The Morgan fingerprint density at radius 1 is 1.00 bits per heavy atom. The van der Waals surface area contributed by atoms with Crippen LogP contribution in [-0.4, -0.2) is 19.9 Å². The SMILES string of the molecule is Cc1cc(-c2c(OCc3cccc(C(C)(C)C#N)n3)nc(N)nc2-c2ccc(F)cc2)cc(C(F)F)n1. The molecule has 0 amide bonds. The molecule has 7 nitrogen and oxygen atoms in total. The van der Waals surface area contributed by atoms with Crippen molar-refractivity contribution in [1.29, 1.82) is 5.26 Å². The van der Waals surface area contributed by atoms with E-state index in [4.69, 9.17) is 10.5 Å². The summed E-state index contributed by atoms with van der Waals surface area (Å²) in [6.45, 7) is 5.06. The first-order chi connectivity index (χ1) is 17.6. The molecule has 0 aliphatic rings. The maximum atomic E-state index is 13.6. The van der Waals surface area contributed by atoms with Crippen LogP contribution in [0.4, 0.5) is 19.1 Å². The normalized spacial score (nSPS) is 11.4. The lowest BCUT2D eigenvalue weighted by Gasteiger charge is -2.18. The second-order valence-corrected chi connectivity index (χ2v) is 8.88. The van der Waals surface area contributed by atoms with Crippen LogP contribution in [-0.2, 0) is 12.0 Å². The maximum absolute atomic E-state index is 13.6. The highest BCUT2D eigenvalue weighted by Gasteiger charge is 2.23. The van der Waals surface area contributed by atoms with Crippen molar-refractivity contribution in [3.05, 3.63) is 83.2 Å². The van der Waals surface area contributed by atoms with Crippen LogP contribution in [0.2, 0.25) is 0 Å². The summed E-state index contributed by atoms with van der Waals surface area (Å²) in [6.07, 6.45) is -2.80. The molecule has 0 aliphatic carbocycles. The summed E-state index contributed by atoms with van der Waals surface area (Å²) >= 11 is 0. The number of hydrogen-bond acceptors (Lipinski definition) is 7. The summed E-state index contributed by atoms with van der Waals surface area (Å²) in [7, 11) is 0. The summed E-state index contributed by atoms with van der Waals surface area (Å²) in [4.78, 5) is 17.0. The van der Waals surface area contributed by atoms with Crippen LogP contribution < -0.4 is 10.5 Å². The zero-order chi connectivity index (χ0) is 26.7. The first-order valence-electron chi connectivity index (χ1n) is 11.3. The molecule has 0 fully saturated rings. The number of hydrogen-bond donors (Lipinski definition) is 1. The van der Waals surface area contributed by atoms with Gasteiger partial charge in [0.1, 0.15) is 18.1 Å². The second kappa shape index (κ2) is 10.2. The Morgan fingerprint density at radius 2 is 1.73 bits per heavy atom. The quantitative estimate of drug-likeness (QED) is 0.331. The van der Waals surface area contributed by atoms with E-state index in [-0.39, 0.29) is 24.1 Å². The number of pyridine rings is 2. The average Bonchev–Trinajstić information content (AvgIpc) is 2.87. The van der Waals surface area contributed by atoms with Gasteiger partial charge in [-0.05, 0) is 74.9 Å². The number of rotatable bonds is 7. The van der Waals surface area contributed by atoms with E-state index in [2.05, 4.69) is 26.0 Å². The molecule has 0 aliphatic heterocycles. The Bertz CT molecular complexity index is 1480. The summed E-state index contributed by atoms with van der Waals surface area (Å²) in [6, 6.07) is 15.8. The molecule has 3 aromatic heterocycles. The van der Waals surface area contributed by atoms with Crippen LogP contribution in [0.3, 0.4) is 0 Å². The van der Waals surface area contributed by atoms with E-state index in [1.165, 1.54) is 30.3 Å². The van der Waals surface area contributed by atoms with Gasteiger partial charge in [-0.25, -0.2) is 18.2 Å². The zero-order valence-corrected chi connectivity index (χ0v) is 20.3. The van der Waals surface area contributed by atoms with Crippen LogP contribution in [0.1, 0.15) is 43.0 Å². The Labute approximate surface area is 211 Å². The molecule has 0 atom stereocenters. The number of nitriles is 1. The number of benzene rings is 1. The topological polar surface area (TPSA) is 111 Å². The molecule has 10 heteroatoms. The molecule has 0 radical (unpaired) electrons. The van der Waals surface area contributed by atoms with Crippen molar-refractivity contribution < 1.29 is 17.9 Å². The molecule has 188 valence electrons. The summed E-state index contributed by atoms with van der Waals surface area (Å²) in [5.74, 6) is -0.538. The second-order valence-electron chi connectivity index (χ2n) is 8.88. The van der Waals surface area contributed by atoms with Gasteiger partial charge in [0, 0.05) is 11.3 Å². The Kier molecular flexibility index (Phi) is 7.07. The lowest BCUT2D eigenvalue weighted by Crippen LogP contribution is -2.17. The summed E-state index contributed by atoms with van der Waals surface area (Å²) in [5, 5.41) is 9.44. The van der Waals surface area contributed by atoms with Gasteiger partial charge >= 0.3 is 0 Å². The molecule has 0 saturated heterocycles. The van der Waals surface area contributed by atoms with Gasteiger partial charge in [-0.1, -0.05) is 6.07 Å². The molecular formula is C27H23F3N6O. The molecule has 0 bridgehead atoms. The van der Waals surface area contributed by atoms with E-state index in [9.17, 15) is 18.4 Å². The van der Waals surface area contributed by atoms with Crippen molar-refractivity contribution >= 4 is 5.95 Å². The molecule has 2 N–H and O–H groups in total. The van der Waals surface area contributed by atoms with Gasteiger partial charge in [0.05, 0.1) is 34.1 Å². The zero-order valence-electron chi connectivity index (χ0n) is 20.3. The fourth-order valence-corrected chi connectivity index (χ4v) is 3.70. The maximum Gasteiger partial charge on any atom is 0.280 e. The van der Waals surface area contributed by atoms with Gasteiger partial charge in [-0.2, -0.15) is 10.2 Å². The number of alkyl halides is 2. The monoisotopic (exact) mass is 504 g/mol. The predicted molar refractivity (Wildman–Crippen MR) is 132 cm³/mol. The molecule has 3 heterocycles. The van der Waals surface area contributed by atoms with Crippen molar-refractivity contribution in [3.8, 4) is 34.3 Å². The van der Waals surface area contributed by atoms with E-state index in [0.717, 1.165) is 0 Å². The van der Waals surface area contributed by atoms with Crippen LogP contribution in [0.15, 0.2) is 54.6 Å². The van der Waals surface area contributed by atoms with E-state index in [1.54, 1.807) is 45.0 Å². The molecule has 1 aromatic carbocycles. The molecule has 0 unspecified atom stereocenters. The minimum absolute atomic E-state index is 0.0318. The molecule has 0 saturated carbocycles. The lowest BCUT2D eigenvalue weighted by molar-refractivity contribution is 0.146. The Hall–Kier alpha value is -4.52. The van der Waals surface area contributed by atoms with Crippen LogP contribution >= 0.6 is 0 Å². The van der Waals surface area contributed by atoms with Gasteiger partial charge in [-0.3, -0.25) is 9.97 Å². The average molecular weight is 505 g/mol. The Balaban J connectivity index is 1.85. The van der Waals surface area contributed by atoms with E-state index >= 15 is 0 Å². The minimum Gasteiger partial charge on any atom is -0.471 e. The van der Waals surface area contributed by atoms with Gasteiger partial charge in [0.2, 0.25) is 11.8 Å². The molecule has 37 heavy (non-hydrogen) atoms. The third-order valence-corrected chi connectivity index (χ3v) is 5.58. The van der Waals surface area contributed by atoms with Crippen LogP contribution in [0.25, 0.3) is 22.4 Å². The standard InChI is InChI=1S/C27H23F3N6O/c1-15-11-17(12-20(33-15)24(29)30)22-23(16-7-9-18(28)10-8-16)35-26(32)36-25(22)37-13-19-5-4-6-21(34-19)27(2,3)14-31/h4-12,24H,13H2,1-3H3,(H2,32,35,36). The van der Waals surface area contributed by atoms with E-state index < -0.39 is 23.4 Å². The third-order valence-electron chi connectivity index (χ3n) is 5.58. The Morgan fingerprint density at radius 3 is 2.41 bits per heavy atom. The highest BCUT2D eigenvalue weighted by Crippen LogP contribution is 2.39. The highest BCUT2D eigenvalue weighted by molar-refractivity contribution is 5.85. The van der Waals surface area contributed by atoms with Gasteiger partial charge in [0.15, 0.2) is 0 Å². The van der Waals surface area contributed by atoms with Crippen LogP contribution in [0.5, 0.6) is 5.88 Å². The van der Waals surface area contributed by atoms with Crippen molar-refractivity contribution in [2.45, 2.75) is 39.2 Å². The van der Waals surface area contributed by atoms with Crippen LogP contribution in [0, 0.1) is 24.1 Å². The minimum atomic E-state index is -2.80. The summed E-state index contributed by atoms with van der Waals surface area (Å²) < 4.78 is 46.8. The van der Waals surface area contributed by atoms with Crippen molar-refractivity contribution in [3.63, 3.8) is 0 Å². The van der Waals surface area contributed by atoms with Crippen molar-refractivity contribution in [2.75, 3.05) is 5.73 Å². The van der Waals surface area contributed by atoms with Crippen molar-refractivity contribution in [2.24, 2.45) is 0 Å². The lowest BCUT2D eigenvalue weighted by atomic mass is 9.91. The fraction of sp³-hybridized carbons (Fsp3) is 0.222. The number of halogens is 3. The molecule has 4 aromatic rings. The highest BCUT2D eigenvalue weighted by atomic mass is 19.3. The predicted octanol–water partition coefficient (Wildman–Crippen LogP) is 5.95. The number of nitrogen functional groups attached to an aromatic ring is 1. The summed E-state index contributed by atoms with van der Waals surface area (Å²) in [5.41, 5.74) is 7.60. The van der Waals surface area contributed by atoms with E-state index in [0.29, 0.717) is 33.8 Å². The van der Waals surface area contributed by atoms with Gasteiger partial charge < -0.3 is 10.5 Å². The largest absolute Gasteiger partial charge is 0.471 e. The molecule has 4 rings (SSSR count). The number of ether oxygens (including phenoxy) is 1. The number of nitrogens with two attached hydrogens (primary N) is 1. The molecule has 0 spiro atoms. The number of aromatic nitrogens is 4. The molecular weight excluding hydrogens is 481 g/mol. The van der Waals surface area contributed by atoms with E-state index in [1.807, 2.05) is 0 Å². The van der Waals surface area contributed by atoms with Crippen molar-refractivity contribution in [1.82, 2.24) is 19.9 Å².